The number of benzene rings is 1. The zero-order chi connectivity index (χ0) is 14.8. The maximum absolute atomic E-state index is 12.4. The lowest BCUT2D eigenvalue weighted by molar-refractivity contribution is 0.0944. The van der Waals surface area contributed by atoms with Gasteiger partial charge >= 0.3 is 0 Å². The molecule has 1 aromatic carbocycles. The number of rotatable bonds is 3. The highest BCUT2D eigenvalue weighted by Crippen LogP contribution is 2.26. The smallest absolute Gasteiger partial charge is 0.251 e. The molecule has 0 aromatic heterocycles. The van der Waals surface area contributed by atoms with Crippen LogP contribution in [0.4, 0.5) is 0 Å². The van der Waals surface area contributed by atoms with Crippen LogP contribution in [0.3, 0.4) is 0 Å². The van der Waals surface area contributed by atoms with Crippen molar-refractivity contribution >= 4 is 5.91 Å². The van der Waals surface area contributed by atoms with Crippen LogP contribution in [-0.4, -0.2) is 18.5 Å². The Hall–Kier alpha value is -1.35. The molecule has 0 radical (unpaired) electrons. The largest absolute Gasteiger partial charge is 0.352 e. The van der Waals surface area contributed by atoms with Gasteiger partial charge in [-0.25, -0.2) is 0 Å². The summed E-state index contributed by atoms with van der Waals surface area (Å²) in [4.78, 5) is 12.4. The highest BCUT2D eigenvalue weighted by molar-refractivity contribution is 5.96. The van der Waals surface area contributed by atoms with Gasteiger partial charge in [-0.1, -0.05) is 45.4 Å². The van der Waals surface area contributed by atoms with Gasteiger partial charge in [0.05, 0.1) is 0 Å². The van der Waals surface area contributed by atoms with E-state index < -0.39 is 0 Å². The second-order valence-corrected chi connectivity index (χ2v) is 6.86. The molecule has 0 aliphatic heterocycles. The number of amides is 1. The lowest BCUT2D eigenvalue weighted by Gasteiger charge is -2.23. The maximum atomic E-state index is 12.4. The van der Waals surface area contributed by atoms with Gasteiger partial charge in [0.2, 0.25) is 0 Å². The Balaban J connectivity index is 2.06. The van der Waals surface area contributed by atoms with Crippen molar-refractivity contribution in [1.82, 2.24) is 5.32 Å². The van der Waals surface area contributed by atoms with E-state index in [1.54, 1.807) is 0 Å². The second kappa shape index (κ2) is 5.96. The van der Waals surface area contributed by atoms with Crippen molar-refractivity contribution in [2.24, 2.45) is 11.7 Å². The molecular formula is C17H26N2O. The van der Waals surface area contributed by atoms with Crippen molar-refractivity contribution in [1.29, 1.82) is 0 Å². The summed E-state index contributed by atoms with van der Waals surface area (Å²) in [5, 5.41) is 3.06. The van der Waals surface area contributed by atoms with E-state index in [2.05, 4.69) is 26.1 Å². The summed E-state index contributed by atoms with van der Waals surface area (Å²) >= 11 is 0. The molecule has 2 rings (SSSR count). The number of carbonyl (C=O) groups is 1. The zero-order valence-corrected chi connectivity index (χ0v) is 12.8. The standard InChI is InChI=1S/C17H26N2O/c1-17(2,3)14-9-5-4-8-13(14)16(20)19-11-12-7-6-10-15(12)18/h4-5,8-9,12,15H,6-7,10-11,18H2,1-3H3,(H,19,20). The first-order chi connectivity index (χ1) is 9.39. The normalized spacial score (nSPS) is 22.8. The molecule has 3 heteroatoms. The third-order valence-electron chi connectivity index (χ3n) is 4.22. The molecule has 2 atom stereocenters. The predicted molar refractivity (Wildman–Crippen MR) is 82.8 cm³/mol. The van der Waals surface area contributed by atoms with Crippen LogP contribution in [0, 0.1) is 5.92 Å². The molecule has 0 bridgehead atoms. The van der Waals surface area contributed by atoms with E-state index in [1.165, 1.54) is 6.42 Å². The summed E-state index contributed by atoms with van der Waals surface area (Å²) in [6.45, 7) is 7.09. The lowest BCUT2D eigenvalue weighted by Crippen LogP contribution is -2.36. The van der Waals surface area contributed by atoms with Crippen LogP contribution in [0.2, 0.25) is 0 Å². The molecule has 1 fully saturated rings. The van der Waals surface area contributed by atoms with E-state index in [-0.39, 0.29) is 17.4 Å². The Labute approximate surface area is 121 Å². The van der Waals surface area contributed by atoms with Crippen molar-refractivity contribution in [3.05, 3.63) is 35.4 Å². The Morgan fingerprint density at radius 3 is 2.60 bits per heavy atom. The fourth-order valence-corrected chi connectivity index (χ4v) is 2.97. The Bertz CT molecular complexity index is 476. The minimum atomic E-state index is -0.0301. The van der Waals surface area contributed by atoms with E-state index >= 15 is 0 Å². The topological polar surface area (TPSA) is 55.1 Å². The van der Waals surface area contributed by atoms with Crippen LogP contribution in [0.15, 0.2) is 24.3 Å². The maximum Gasteiger partial charge on any atom is 0.251 e. The van der Waals surface area contributed by atoms with Gasteiger partial charge in [-0.3, -0.25) is 4.79 Å². The first-order valence-electron chi connectivity index (χ1n) is 7.53. The summed E-state index contributed by atoms with van der Waals surface area (Å²) in [7, 11) is 0. The number of hydrogen-bond acceptors (Lipinski definition) is 2. The minimum absolute atomic E-state index is 0.0228. The van der Waals surface area contributed by atoms with Gasteiger partial charge in [-0.2, -0.15) is 0 Å². The van der Waals surface area contributed by atoms with Gasteiger partial charge in [0.1, 0.15) is 0 Å². The Kier molecular flexibility index (Phi) is 4.48. The van der Waals surface area contributed by atoms with Crippen LogP contribution >= 0.6 is 0 Å². The first kappa shape index (κ1) is 15.0. The molecule has 0 saturated heterocycles. The quantitative estimate of drug-likeness (QED) is 0.890. The first-order valence-corrected chi connectivity index (χ1v) is 7.53. The van der Waals surface area contributed by atoms with Crippen molar-refractivity contribution in [3.63, 3.8) is 0 Å². The highest BCUT2D eigenvalue weighted by atomic mass is 16.1. The average molecular weight is 274 g/mol. The number of nitrogens with one attached hydrogen (secondary N) is 1. The van der Waals surface area contributed by atoms with Gasteiger partial charge in [-0.05, 0) is 35.8 Å². The molecule has 20 heavy (non-hydrogen) atoms. The second-order valence-electron chi connectivity index (χ2n) is 6.86. The summed E-state index contributed by atoms with van der Waals surface area (Å²) < 4.78 is 0. The van der Waals surface area contributed by atoms with Crippen LogP contribution in [0.25, 0.3) is 0 Å². The molecule has 1 aromatic rings. The number of nitrogens with two attached hydrogens (primary N) is 1. The zero-order valence-electron chi connectivity index (χ0n) is 12.8. The van der Waals surface area contributed by atoms with E-state index in [1.807, 2.05) is 24.3 Å². The van der Waals surface area contributed by atoms with Gasteiger partial charge in [0.15, 0.2) is 0 Å². The fraction of sp³-hybridized carbons (Fsp3) is 0.588. The predicted octanol–water partition coefficient (Wildman–Crippen LogP) is 2.84. The molecule has 0 heterocycles. The van der Waals surface area contributed by atoms with Gasteiger partial charge in [0, 0.05) is 18.2 Å². The van der Waals surface area contributed by atoms with Crippen molar-refractivity contribution in [3.8, 4) is 0 Å². The minimum Gasteiger partial charge on any atom is -0.352 e. The fourth-order valence-electron chi connectivity index (χ4n) is 2.97. The van der Waals surface area contributed by atoms with Crippen LogP contribution < -0.4 is 11.1 Å². The Morgan fingerprint density at radius 2 is 2.00 bits per heavy atom. The summed E-state index contributed by atoms with van der Waals surface area (Å²) in [5.74, 6) is 0.454. The molecule has 1 saturated carbocycles. The molecular weight excluding hydrogens is 248 g/mol. The monoisotopic (exact) mass is 274 g/mol. The summed E-state index contributed by atoms with van der Waals surface area (Å²) in [6, 6.07) is 8.10. The van der Waals surface area contributed by atoms with Crippen LogP contribution in [-0.2, 0) is 5.41 Å². The third-order valence-corrected chi connectivity index (χ3v) is 4.22. The number of hydrogen-bond donors (Lipinski definition) is 2. The van der Waals surface area contributed by atoms with Crippen molar-refractivity contribution in [2.45, 2.75) is 51.5 Å². The lowest BCUT2D eigenvalue weighted by atomic mass is 9.83. The van der Waals surface area contributed by atoms with Crippen molar-refractivity contribution in [2.75, 3.05) is 6.54 Å². The van der Waals surface area contributed by atoms with Gasteiger partial charge in [0.25, 0.3) is 5.91 Å². The van der Waals surface area contributed by atoms with Gasteiger partial charge < -0.3 is 11.1 Å². The summed E-state index contributed by atoms with van der Waals surface area (Å²) in [6.07, 6.45) is 3.39. The highest BCUT2D eigenvalue weighted by Gasteiger charge is 2.25. The van der Waals surface area contributed by atoms with Crippen molar-refractivity contribution < 1.29 is 4.79 Å². The molecule has 2 unspecified atom stereocenters. The molecule has 1 aliphatic rings. The van der Waals surface area contributed by atoms with E-state index in [4.69, 9.17) is 5.73 Å². The van der Waals surface area contributed by atoms with E-state index in [0.717, 1.165) is 24.0 Å². The SMILES string of the molecule is CC(C)(C)c1ccccc1C(=O)NCC1CCCC1N. The molecule has 3 N–H and O–H groups in total. The third kappa shape index (κ3) is 3.40. The molecule has 110 valence electrons. The molecule has 1 amide bonds. The number of carbonyl (C=O) groups excluding carboxylic acids is 1. The molecule has 0 spiro atoms. The molecule has 1 aliphatic carbocycles. The Morgan fingerprint density at radius 1 is 1.30 bits per heavy atom. The summed E-state index contributed by atoms with van der Waals surface area (Å²) in [5.41, 5.74) is 7.90. The van der Waals surface area contributed by atoms with Gasteiger partial charge in [-0.15, -0.1) is 0 Å². The molecule has 3 nitrogen and oxygen atoms in total. The van der Waals surface area contributed by atoms with Crippen LogP contribution in [0.5, 0.6) is 0 Å². The van der Waals surface area contributed by atoms with E-state index in [0.29, 0.717) is 12.5 Å². The van der Waals surface area contributed by atoms with E-state index in [9.17, 15) is 4.79 Å². The average Bonchev–Trinajstić information content (AvgIpc) is 2.80. The van der Waals surface area contributed by atoms with Crippen LogP contribution in [0.1, 0.15) is 56.0 Å².